The van der Waals surface area contributed by atoms with Crippen LogP contribution in [-0.4, -0.2) is 10.4 Å². The number of Topliss-reactive ketones (excluding diaryl/α,β-unsaturated/α-hetero) is 1. The monoisotopic (exact) mass is 382 g/mol. The Morgan fingerprint density at radius 2 is 1.67 bits per heavy atom. The Balaban J connectivity index is 0.00000169. The van der Waals surface area contributed by atoms with Gasteiger partial charge in [0, 0.05) is 11.1 Å². The molecule has 1 aromatic heterocycles. The molecule has 0 radical (unpaired) electrons. The van der Waals surface area contributed by atoms with Crippen molar-refractivity contribution in [2.45, 2.75) is 25.9 Å². The number of carbonyl (C=O) groups excluding carboxylic acids is 1. The van der Waals surface area contributed by atoms with E-state index in [2.05, 4.69) is 39.6 Å². The van der Waals surface area contributed by atoms with Crippen LogP contribution < -0.4 is 21.5 Å². The third-order valence-electron chi connectivity index (χ3n) is 4.47. The Labute approximate surface area is 152 Å². The second-order valence-electron chi connectivity index (χ2n) is 5.97. The molecular weight excluding hydrogens is 364 g/mol. The van der Waals surface area contributed by atoms with Gasteiger partial charge in [-0.05, 0) is 6.42 Å². The fraction of sp³-hybridized carbons (Fsp3) is 0.200. The summed E-state index contributed by atoms with van der Waals surface area (Å²) in [5.41, 5.74) is 3.19. The van der Waals surface area contributed by atoms with Crippen molar-refractivity contribution >= 4 is 5.78 Å². The van der Waals surface area contributed by atoms with E-state index in [-0.39, 0.29) is 22.8 Å². The first-order valence-electron chi connectivity index (χ1n) is 8.08. The van der Waals surface area contributed by atoms with Crippen molar-refractivity contribution in [1.82, 2.24) is 4.57 Å². The number of aromatic nitrogens is 2. The average Bonchev–Trinajstić information content (AvgIpc) is 3.20. The smallest absolute Gasteiger partial charge is 0.257 e. The zero-order valence-electron chi connectivity index (χ0n) is 13.4. The second kappa shape index (κ2) is 7.14. The van der Waals surface area contributed by atoms with E-state index >= 15 is 0 Å². The zero-order valence-corrected chi connectivity index (χ0v) is 14.9. The van der Waals surface area contributed by atoms with E-state index in [1.54, 1.807) is 0 Å². The minimum absolute atomic E-state index is 0. The SMILES string of the molecule is O=C(C[n+]1cc(-c2ccccc2)n2c1CCC2)c1ccccc1.[Br-]. The quantitative estimate of drug-likeness (QED) is 0.470. The van der Waals surface area contributed by atoms with Crippen LogP contribution in [0.25, 0.3) is 11.3 Å². The number of hydrogen-bond acceptors (Lipinski definition) is 1. The Hall–Kier alpha value is -2.20. The molecule has 2 heterocycles. The standard InChI is InChI=1S/C20H19N2O.BrH/c23-19(17-10-5-2-6-11-17)15-21-14-18(16-8-3-1-4-9-16)22-13-7-12-20(21)22;/h1-6,8-11,14H,7,12-13,15H2;1H/q+1;/p-1. The molecule has 122 valence electrons. The lowest BCUT2D eigenvalue weighted by Gasteiger charge is -1.99. The maximum absolute atomic E-state index is 12.5. The molecule has 2 aromatic carbocycles. The highest BCUT2D eigenvalue weighted by Gasteiger charge is 2.29. The maximum atomic E-state index is 12.5. The summed E-state index contributed by atoms with van der Waals surface area (Å²) in [5.74, 6) is 1.42. The van der Waals surface area contributed by atoms with Gasteiger partial charge in [-0.3, -0.25) is 4.79 Å². The molecule has 0 aliphatic carbocycles. The van der Waals surface area contributed by atoms with Gasteiger partial charge in [-0.15, -0.1) is 0 Å². The third-order valence-corrected chi connectivity index (χ3v) is 4.47. The van der Waals surface area contributed by atoms with Gasteiger partial charge < -0.3 is 17.0 Å². The number of hydrogen-bond donors (Lipinski definition) is 0. The number of nitrogens with zero attached hydrogens (tertiary/aromatic N) is 2. The van der Waals surface area contributed by atoms with E-state index in [1.165, 1.54) is 17.1 Å². The van der Waals surface area contributed by atoms with Gasteiger partial charge in [-0.25, -0.2) is 9.13 Å². The molecule has 0 atom stereocenters. The molecule has 4 rings (SSSR count). The van der Waals surface area contributed by atoms with Crippen LogP contribution in [0.3, 0.4) is 0 Å². The van der Waals surface area contributed by atoms with Crippen LogP contribution in [0, 0.1) is 0 Å². The van der Waals surface area contributed by atoms with Gasteiger partial charge in [0.15, 0.2) is 12.2 Å². The van der Waals surface area contributed by atoms with Gasteiger partial charge in [-0.1, -0.05) is 60.7 Å². The van der Waals surface area contributed by atoms with E-state index in [9.17, 15) is 4.79 Å². The summed E-state index contributed by atoms with van der Waals surface area (Å²) in [5, 5.41) is 0. The molecular formula is C20H19BrN2O. The highest BCUT2D eigenvalue weighted by molar-refractivity contribution is 5.95. The van der Waals surface area contributed by atoms with E-state index in [1.807, 2.05) is 36.4 Å². The third kappa shape index (κ3) is 3.06. The fourth-order valence-corrected chi connectivity index (χ4v) is 3.36. The zero-order chi connectivity index (χ0) is 15.6. The molecule has 0 bridgehead atoms. The Morgan fingerprint density at radius 3 is 2.38 bits per heavy atom. The summed E-state index contributed by atoms with van der Waals surface area (Å²) in [6.07, 6.45) is 4.31. The van der Waals surface area contributed by atoms with E-state index in [4.69, 9.17) is 0 Å². The Morgan fingerprint density at radius 1 is 1.00 bits per heavy atom. The van der Waals surface area contributed by atoms with E-state index in [0.717, 1.165) is 24.9 Å². The number of fused-ring (bicyclic) bond motifs is 1. The van der Waals surface area contributed by atoms with Crippen molar-refractivity contribution in [3.63, 3.8) is 0 Å². The summed E-state index contributed by atoms with van der Waals surface area (Å²) < 4.78 is 4.48. The van der Waals surface area contributed by atoms with E-state index in [0.29, 0.717) is 6.54 Å². The number of halogens is 1. The van der Waals surface area contributed by atoms with E-state index < -0.39 is 0 Å². The first kappa shape index (κ1) is 16.7. The van der Waals surface area contributed by atoms with Crippen molar-refractivity contribution < 1.29 is 26.3 Å². The lowest BCUT2D eigenvalue weighted by Crippen LogP contribution is -3.00. The number of rotatable bonds is 4. The second-order valence-corrected chi connectivity index (χ2v) is 5.97. The van der Waals surface area contributed by atoms with Crippen LogP contribution in [0.4, 0.5) is 0 Å². The molecule has 1 aliphatic heterocycles. The Kier molecular flexibility index (Phi) is 4.95. The maximum Gasteiger partial charge on any atom is 0.257 e. The Bertz CT molecular complexity index is 841. The predicted octanol–water partition coefficient (Wildman–Crippen LogP) is 0.276. The molecule has 0 spiro atoms. The van der Waals surface area contributed by atoms with Crippen LogP contribution in [0.2, 0.25) is 0 Å². The van der Waals surface area contributed by atoms with Crippen LogP contribution in [0.15, 0.2) is 66.9 Å². The van der Waals surface area contributed by atoms with Crippen molar-refractivity contribution in [2.24, 2.45) is 0 Å². The fourth-order valence-electron chi connectivity index (χ4n) is 3.36. The number of imidazole rings is 1. The van der Waals surface area contributed by atoms with Gasteiger partial charge in [-0.2, -0.15) is 0 Å². The van der Waals surface area contributed by atoms with Crippen LogP contribution in [-0.2, 0) is 19.5 Å². The summed E-state index contributed by atoms with van der Waals surface area (Å²) in [7, 11) is 0. The predicted molar refractivity (Wildman–Crippen MR) is 89.2 cm³/mol. The first-order valence-corrected chi connectivity index (χ1v) is 8.08. The van der Waals surface area contributed by atoms with Crippen molar-refractivity contribution in [3.05, 3.63) is 78.2 Å². The molecule has 1 aliphatic rings. The minimum atomic E-state index is 0. The molecule has 4 heteroatoms. The van der Waals surface area contributed by atoms with Crippen molar-refractivity contribution in [2.75, 3.05) is 0 Å². The summed E-state index contributed by atoms with van der Waals surface area (Å²) in [4.78, 5) is 12.5. The molecule has 0 N–H and O–H groups in total. The molecule has 24 heavy (non-hydrogen) atoms. The molecule has 0 fully saturated rings. The van der Waals surface area contributed by atoms with Gasteiger partial charge in [0.25, 0.3) is 5.82 Å². The highest BCUT2D eigenvalue weighted by atomic mass is 79.9. The molecule has 0 unspecified atom stereocenters. The summed E-state index contributed by atoms with van der Waals surface area (Å²) in [6, 6.07) is 19.9. The lowest BCUT2D eigenvalue weighted by atomic mass is 10.1. The summed E-state index contributed by atoms with van der Waals surface area (Å²) >= 11 is 0. The topological polar surface area (TPSA) is 25.9 Å². The molecule has 0 saturated heterocycles. The molecule has 0 amide bonds. The lowest BCUT2D eigenvalue weighted by molar-refractivity contribution is -0.689. The van der Waals surface area contributed by atoms with Gasteiger partial charge in [0.05, 0.1) is 13.0 Å². The number of benzene rings is 2. The molecule has 3 nitrogen and oxygen atoms in total. The van der Waals surface area contributed by atoms with Gasteiger partial charge in [0.1, 0.15) is 6.20 Å². The minimum Gasteiger partial charge on any atom is -1.00 e. The molecule has 0 saturated carbocycles. The van der Waals surface area contributed by atoms with Gasteiger partial charge in [0.2, 0.25) is 5.78 Å². The number of ketones is 1. The molecule has 3 aromatic rings. The van der Waals surface area contributed by atoms with Crippen LogP contribution in [0.1, 0.15) is 22.6 Å². The van der Waals surface area contributed by atoms with Crippen molar-refractivity contribution in [1.29, 1.82) is 0 Å². The average molecular weight is 383 g/mol. The highest BCUT2D eigenvalue weighted by Crippen LogP contribution is 2.24. The largest absolute Gasteiger partial charge is 1.00 e. The van der Waals surface area contributed by atoms with Crippen LogP contribution >= 0.6 is 0 Å². The number of carbonyl (C=O) groups is 1. The summed E-state index contributed by atoms with van der Waals surface area (Å²) in [6.45, 7) is 1.44. The normalized spacial score (nSPS) is 12.5. The van der Waals surface area contributed by atoms with Crippen LogP contribution in [0.5, 0.6) is 0 Å². The van der Waals surface area contributed by atoms with Crippen molar-refractivity contribution in [3.8, 4) is 11.3 Å². The first-order chi connectivity index (χ1) is 11.3. The van der Waals surface area contributed by atoms with Gasteiger partial charge >= 0.3 is 0 Å².